The molecule has 1 amide bonds. The van der Waals surface area contributed by atoms with Crippen molar-refractivity contribution in [2.75, 3.05) is 37.6 Å². The van der Waals surface area contributed by atoms with Gasteiger partial charge < -0.3 is 15.1 Å². The van der Waals surface area contributed by atoms with Gasteiger partial charge in [-0.2, -0.15) is 0 Å². The van der Waals surface area contributed by atoms with Crippen LogP contribution in [0.3, 0.4) is 0 Å². The number of hydrogen-bond donors (Lipinski definition) is 1. The smallest absolute Gasteiger partial charge is 0.252 e. The molecule has 0 unspecified atom stereocenters. The molecular weight excluding hydrogens is 384 g/mol. The second-order valence-electron chi connectivity index (χ2n) is 10.7. The Hall–Kier alpha value is -1.62. The van der Waals surface area contributed by atoms with Crippen LogP contribution in [-0.4, -0.2) is 54.6 Å². The number of carbonyl (C=O) groups is 1. The summed E-state index contributed by atoms with van der Waals surface area (Å²) in [4.78, 5) is 22.4. The normalized spacial score (nSPS) is 25.4. The van der Waals surface area contributed by atoms with E-state index in [1.165, 1.54) is 90.1 Å². The molecule has 0 atom stereocenters. The minimum Gasteiger partial charge on any atom is -0.357 e. The Kier molecular flexibility index (Phi) is 6.49. The molecule has 4 fully saturated rings. The number of likely N-dealkylation sites (tertiary alicyclic amines) is 1. The minimum absolute atomic E-state index is 0.0282. The van der Waals surface area contributed by atoms with Crippen LogP contribution >= 0.6 is 0 Å². The standard InChI is InChI=1S/C26H40N4O/c31-25(28-19-21-5-2-1-3-6-21)22-9-10-24(27-20-22)30-17-13-26(14-18-30)11-15-29(16-12-26)23-7-4-8-23/h9-10,20-21,23H,1-8,11-19H2,(H,28,31). The summed E-state index contributed by atoms with van der Waals surface area (Å²) < 4.78 is 0. The predicted octanol–water partition coefficient (Wildman–Crippen LogP) is 4.63. The van der Waals surface area contributed by atoms with E-state index in [2.05, 4.69) is 20.1 Å². The fraction of sp³-hybridized carbons (Fsp3) is 0.769. The average molecular weight is 425 g/mol. The molecule has 0 bridgehead atoms. The predicted molar refractivity (Wildman–Crippen MR) is 125 cm³/mol. The van der Waals surface area contributed by atoms with Crippen LogP contribution < -0.4 is 10.2 Å². The molecule has 31 heavy (non-hydrogen) atoms. The highest BCUT2D eigenvalue weighted by Gasteiger charge is 2.39. The largest absolute Gasteiger partial charge is 0.357 e. The molecule has 5 heteroatoms. The Balaban J connectivity index is 1.09. The van der Waals surface area contributed by atoms with Gasteiger partial charge in [0.1, 0.15) is 5.82 Å². The van der Waals surface area contributed by atoms with E-state index in [-0.39, 0.29) is 5.91 Å². The van der Waals surface area contributed by atoms with Gasteiger partial charge in [0.15, 0.2) is 0 Å². The summed E-state index contributed by atoms with van der Waals surface area (Å²) in [5, 5.41) is 3.13. The van der Waals surface area contributed by atoms with E-state index in [4.69, 9.17) is 0 Å². The van der Waals surface area contributed by atoms with Crippen LogP contribution in [0.15, 0.2) is 18.3 Å². The van der Waals surface area contributed by atoms with E-state index in [0.29, 0.717) is 16.9 Å². The van der Waals surface area contributed by atoms with Crippen molar-refractivity contribution in [3.05, 3.63) is 23.9 Å². The summed E-state index contributed by atoms with van der Waals surface area (Å²) in [5.41, 5.74) is 1.26. The third-order valence-electron chi connectivity index (χ3n) is 8.88. The molecule has 2 aliphatic carbocycles. The van der Waals surface area contributed by atoms with Crippen molar-refractivity contribution < 1.29 is 4.79 Å². The number of nitrogens with one attached hydrogen (secondary N) is 1. The van der Waals surface area contributed by atoms with Crippen LogP contribution in [0.25, 0.3) is 0 Å². The Morgan fingerprint density at radius 3 is 2.26 bits per heavy atom. The molecule has 5 rings (SSSR count). The number of aromatic nitrogens is 1. The molecule has 2 aliphatic heterocycles. The molecule has 0 radical (unpaired) electrons. The Labute approximate surface area is 188 Å². The number of rotatable bonds is 5. The fourth-order valence-electron chi connectivity index (χ4n) is 6.26. The lowest BCUT2D eigenvalue weighted by atomic mass is 9.70. The van der Waals surface area contributed by atoms with Crippen LogP contribution in [-0.2, 0) is 0 Å². The van der Waals surface area contributed by atoms with Gasteiger partial charge >= 0.3 is 0 Å². The van der Waals surface area contributed by atoms with Crippen molar-refractivity contribution in [2.24, 2.45) is 11.3 Å². The first-order valence-corrected chi connectivity index (χ1v) is 12.9. The van der Waals surface area contributed by atoms with Gasteiger partial charge in [0, 0.05) is 31.9 Å². The Bertz CT molecular complexity index is 720. The highest BCUT2D eigenvalue weighted by Crippen LogP contribution is 2.43. The quantitative estimate of drug-likeness (QED) is 0.749. The first-order valence-electron chi connectivity index (χ1n) is 12.9. The van der Waals surface area contributed by atoms with Gasteiger partial charge in [-0.1, -0.05) is 25.7 Å². The maximum atomic E-state index is 12.5. The number of piperidine rings is 2. The zero-order valence-corrected chi connectivity index (χ0v) is 19.2. The van der Waals surface area contributed by atoms with E-state index in [1.54, 1.807) is 6.20 Å². The summed E-state index contributed by atoms with van der Waals surface area (Å²) in [5.74, 6) is 1.72. The van der Waals surface area contributed by atoms with Crippen molar-refractivity contribution in [3.8, 4) is 0 Å². The number of nitrogens with zero attached hydrogens (tertiary/aromatic N) is 3. The number of pyridine rings is 1. The fourth-order valence-corrected chi connectivity index (χ4v) is 6.26. The lowest BCUT2D eigenvalue weighted by Gasteiger charge is -2.50. The highest BCUT2D eigenvalue weighted by molar-refractivity contribution is 5.94. The van der Waals surface area contributed by atoms with Crippen LogP contribution in [0.1, 0.15) is 87.4 Å². The Morgan fingerprint density at radius 1 is 0.935 bits per heavy atom. The lowest BCUT2D eigenvalue weighted by Crippen LogP contribution is -2.51. The SMILES string of the molecule is O=C(NCC1CCCCC1)c1ccc(N2CCC3(CC2)CCN(C2CCC2)CC3)nc1. The van der Waals surface area contributed by atoms with E-state index < -0.39 is 0 Å². The van der Waals surface area contributed by atoms with Crippen molar-refractivity contribution in [3.63, 3.8) is 0 Å². The van der Waals surface area contributed by atoms with Crippen molar-refractivity contribution in [1.82, 2.24) is 15.2 Å². The van der Waals surface area contributed by atoms with Crippen molar-refractivity contribution >= 4 is 11.7 Å². The minimum atomic E-state index is 0.0282. The monoisotopic (exact) mass is 424 g/mol. The van der Waals surface area contributed by atoms with Gasteiger partial charge in [0.25, 0.3) is 5.91 Å². The maximum Gasteiger partial charge on any atom is 0.252 e. The van der Waals surface area contributed by atoms with Crippen molar-refractivity contribution in [1.29, 1.82) is 0 Å². The summed E-state index contributed by atoms with van der Waals surface area (Å²) in [7, 11) is 0. The average Bonchev–Trinajstić information content (AvgIpc) is 2.79. The highest BCUT2D eigenvalue weighted by atomic mass is 16.1. The third-order valence-corrected chi connectivity index (χ3v) is 8.88. The first-order chi connectivity index (χ1) is 15.2. The van der Waals surface area contributed by atoms with E-state index in [9.17, 15) is 4.79 Å². The van der Waals surface area contributed by atoms with Gasteiger partial charge in [-0.25, -0.2) is 4.98 Å². The molecule has 1 spiro atoms. The Morgan fingerprint density at radius 2 is 1.65 bits per heavy atom. The van der Waals surface area contributed by atoms with Crippen LogP contribution in [0.2, 0.25) is 0 Å². The van der Waals surface area contributed by atoms with Crippen LogP contribution in [0.5, 0.6) is 0 Å². The summed E-state index contributed by atoms with van der Waals surface area (Å²) >= 11 is 0. The second-order valence-corrected chi connectivity index (χ2v) is 10.7. The molecule has 5 nitrogen and oxygen atoms in total. The van der Waals surface area contributed by atoms with Crippen LogP contribution in [0, 0.1) is 11.3 Å². The van der Waals surface area contributed by atoms with E-state index >= 15 is 0 Å². The molecule has 2 saturated heterocycles. The number of anilines is 1. The van der Waals surface area contributed by atoms with E-state index in [0.717, 1.165) is 31.5 Å². The second kappa shape index (κ2) is 9.48. The third kappa shape index (κ3) is 4.92. The molecule has 1 N–H and O–H groups in total. The molecule has 170 valence electrons. The molecular formula is C26H40N4O. The first kappa shape index (κ1) is 21.2. The maximum absolute atomic E-state index is 12.5. The molecule has 2 saturated carbocycles. The van der Waals surface area contributed by atoms with E-state index in [1.807, 2.05) is 12.1 Å². The zero-order chi connectivity index (χ0) is 21.1. The van der Waals surface area contributed by atoms with Gasteiger partial charge in [-0.05, 0) is 87.9 Å². The zero-order valence-electron chi connectivity index (χ0n) is 19.2. The molecule has 1 aromatic heterocycles. The molecule has 1 aromatic rings. The van der Waals surface area contributed by atoms with Crippen molar-refractivity contribution in [2.45, 2.75) is 83.1 Å². The van der Waals surface area contributed by atoms with Gasteiger partial charge in [-0.15, -0.1) is 0 Å². The number of hydrogen-bond acceptors (Lipinski definition) is 4. The summed E-state index contributed by atoms with van der Waals surface area (Å²) in [6.45, 7) is 5.64. The molecule has 3 heterocycles. The topological polar surface area (TPSA) is 48.5 Å². The number of carbonyl (C=O) groups excluding carboxylic acids is 1. The van der Waals surface area contributed by atoms with Gasteiger partial charge in [-0.3, -0.25) is 4.79 Å². The lowest BCUT2D eigenvalue weighted by molar-refractivity contribution is 0.0305. The molecule has 4 aliphatic rings. The van der Waals surface area contributed by atoms with Crippen LogP contribution in [0.4, 0.5) is 5.82 Å². The van der Waals surface area contributed by atoms with Gasteiger partial charge in [0.05, 0.1) is 5.56 Å². The number of amides is 1. The summed E-state index contributed by atoms with van der Waals surface area (Å²) in [6.07, 6.45) is 17.9. The summed E-state index contributed by atoms with van der Waals surface area (Å²) in [6, 6.07) is 4.91. The molecule has 0 aromatic carbocycles. The van der Waals surface area contributed by atoms with Gasteiger partial charge in [0.2, 0.25) is 0 Å².